The number of allylic oxidation sites excluding steroid dienone is 2. The lowest BCUT2D eigenvalue weighted by molar-refractivity contribution is 0.402. The number of ether oxygens (including phenoxy) is 4. The smallest absolute Gasteiger partial charge is 0.155 e. The molecule has 4 aliphatic heterocycles. The summed E-state index contributed by atoms with van der Waals surface area (Å²) in [5.74, 6) is 6.03. The van der Waals surface area contributed by atoms with Gasteiger partial charge < -0.3 is 18.9 Å². The van der Waals surface area contributed by atoms with Crippen LogP contribution in [-0.4, -0.2) is 9.97 Å². The monoisotopic (exact) mass is 848 g/mol. The van der Waals surface area contributed by atoms with Crippen molar-refractivity contribution >= 4 is 50.2 Å². The van der Waals surface area contributed by atoms with Crippen molar-refractivity contribution in [2.75, 3.05) is 9.80 Å². The fourth-order valence-corrected chi connectivity index (χ4v) is 10.6. The Morgan fingerprint density at radius 1 is 0.439 bits per heavy atom. The highest BCUT2D eigenvalue weighted by atomic mass is 16.5. The number of aromatic nitrogens is 2. The van der Waals surface area contributed by atoms with Crippen LogP contribution in [0.1, 0.15) is 24.0 Å². The van der Waals surface area contributed by atoms with E-state index in [2.05, 4.69) is 101 Å². The maximum atomic E-state index is 9.88. The van der Waals surface area contributed by atoms with E-state index in [1.165, 1.54) is 0 Å². The predicted octanol–water partition coefficient (Wildman–Crippen LogP) is 14.4. The summed E-state index contributed by atoms with van der Waals surface area (Å²) in [4.78, 5) is 14.8. The van der Waals surface area contributed by atoms with E-state index in [9.17, 15) is 10.5 Å². The molecule has 0 fully saturated rings. The van der Waals surface area contributed by atoms with E-state index in [1.807, 2.05) is 54.6 Å². The molecule has 6 aliphatic rings. The van der Waals surface area contributed by atoms with Gasteiger partial charge in [-0.2, -0.15) is 10.5 Å². The molecule has 9 aromatic rings. The van der Waals surface area contributed by atoms with Gasteiger partial charge in [0.25, 0.3) is 0 Å². The maximum absolute atomic E-state index is 9.88. The lowest BCUT2D eigenvalue weighted by Crippen LogP contribution is -2.28. The number of hydrogen-bond acceptors (Lipinski definition) is 10. The first-order valence-electron chi connectivity index (χ1n) is 21.7. The fraction of sp³-hybridized carbons (Fsp3) is 0.0357. The molecule has 0 bridgehead atoms. The van der Waals surface area contributed by atoms with Gasteiger partial charge >= 0.3 is 0 Å². The van der Waals surface area contributed by atoms with Crippen LogP contribution in [0.3, 0.4) is 0 Å². The van der Waals surface area contributed by atoms with E-state index < -0.39 is 0 Å². The van der Waals surface area contributed by atoms with Crippen LogP contribution in [0.15, 0.2) is 157 Å². The summed E-state index contributed by atoms with van der Waals surface area (Å²) in [6.45, 7) is 0. The van der Waals surface area contributed by atoms with Gasteiger partial charge in [-0.3, -0.25) is 9.80 Å². The van der Waals surface area contributed by atoms with Crippen molar-refractivity contribution in [2.45, 2.75) is 12.8 Å². The second kappa shape index (κ2) is 12.6. The van der Waals surface area contributed by atoms with Gasteiger partial charge in [-0.25, -0.2) is 9.97 Å². The van der Waals surface area contributed by atoms with Gasteiger partial charge in [0.1, 0.15) is 29.3 Å². The van der Waals surface area contributed by atoms with Crippen LogP contribution >= 0.6 is 0 Å². The van der Waals surface area contributed by atoms with Crippen molar-refractivity contribution in [3.63, 3.8) is 0 Å². The topological polar surface area (TPSA) is 117 Å². The molecule has 0 N–H and O–H groups in total. The average molecular weight is 849 g/mol. The Bertz CT molecular complexity index is 3880. The molecular formula is C56H28N6O4. The minimum atomic E-state index is 0.268. The number of para-hydroxylation sites is 4. The van der Waals surface area contributed by atoms with Crippen LogP contribution in [0.4, 0.5) is 28.4 Å². The number of anilines is 5. The molecule has 0 atom stereocenters. The first kappa shape index (κ1) is 35.1. The standard InChI is InChI=1S/C56H28N6O4/c57-27-31-23-37-38(24-32(31)28-58)60-54-36-20-18-34(30-16-22-42-50(26-30)66-48-14-6-12-46-56(48)62(42)40-8-2-4-10-44(40)64-46)51-33(17-19-35(52(36)51)53(54)59-37)29-15-21-41-49(25-29)65-47-13-5-11-45-55(47)61(41)39-7-1-3-9-43(39)63-45/h1,3,5-26H,2,4H2. The van der Waals surface area contributed by atoms with Gasteiger partial charge in [0.2, 0.25) is 0 Å². The normalized spacial score (nSPS) is 14.5. The van der Waals surface area contributed by atoms with Crippen LogP contribution in [0.2, 0.25) is 0 Å². The van der Waals surface area contributed by atoms with E-state index in [0.29, 0.717) is 22.5 Å². The summed E-state index contributed by atoms with van der Waals surface area (Å²) < 4.78 is 26.3. The number of rotatable bonds is 2. The van der Waals surface area contributed by atoms with Crippen molar-refractivity contribution < 1.29 is 18.9 Å². The number of nitrogens with zero attached hydrogens (tertiary/aromatic N) is 6. The second-order valence-corrected chi connectivity index (χ2v) is 17.0. The number of fused-ring (bicyclic) bond motifs is 12. The van der Waals surface area contributed by atoms with Gasteiger partial charge in [-0.1, -0.05) is 66.7 Å². The molecule has 15 rings (SSSR count). The number of benzene rings is 8. The van der Waals surface area contributed by atoms with Crippen LogP contribution < -0.4 is 28.7 Å². The molecule has 0 saturated heterocycles. The van der Waals surface area contributed by atoms with Crippen molar-refractivity contribution in [1.29, 1.82) is 10.5 Å². The average Bonchev–Trinajstić information content (AvgIpc) is 3.67. The Morgan fingerprint density at radius 2 is 0.924 bits per heavy atom. The molecule has 2 aliphatic carbocycles. The highest BCUT2D eigenvalue weighted by molar-refractivity contribution is 6.22. The van der Waals surface area contributed by atoms with Gasteiger partial charge in [-0.05, 0) is 119 Å². The highest BCUT2D eigenvalue weighted by Gasteiger charge is 2.38. The first-order chi connectivity index (χ1) is 32.6. The molecule has 10 nitrogen and oxygen atoms in total. The van der Waals surface area contributed by atoms with Crippen molar-refractivity contribution in [1.82, 2.24) is 9.97 Å². The Labute approximate surface area is 376 Å². The van der Waals surface area contributed by atoms with Gasteiger partial charge in [-0.15, -0.1) is 0 Å². The minimum absolute atomic E-state index is 0.268. The zero-order valence-corrected chi connectivity index (χ0v) is 34.6. The third-order valence-corrected chi connectivity index (χ3v) is 13.4. The summed E-state index contributed by atoms with van der Waals surface area (Å²) in [5.41, 5.74) is 14.5. The largest absolute Gasteiger partial charge is 0.453 e. The molecule has 8 aromatic carbocycles. The highest BCUT2D eigenvalue weighted by Crippen LogP contribution is 2.61. The van der Waals surface area contributed by atoms with Crippen molar-refractivity contribution in [2.24, 2.45) is 0 Å². The van der Waals surface area contributed by atoms with Crippen LogP contribution in [-0.2, 0) is 0 Å². The molecular weight excluding hydrogens is 821 g/mol. The molecule has 66 heavy (non-hydrogen) atoms. The van der Waals surface area contributed by atoms with E-state index in [1.54, 1.807) is 12.1 Å². The Morgan fingerprint density at radius 3 is 1.55 bits per heavy atom. The summed E-state index contributed by atoms with van der Waals surface area (Å²) in [5, 5.41) is 21.8. The quantitative estimate of drug-likeness (QED) is 0.166. The van der Waals surface area contributed by atoms with Gasteiger partial charge in [0, 0.05) is 16.5 Å². The van der Waals surface area contributed by atoms with E-state index in [-0.39, 0.29) is 11.1 Å². The Hall–Kier alpha value is -9.38. The number of hydrogen-bond donors (Lipinski definition) is 0. The van der Waals surface area contributed by atoms with Crippen LogP contribution in [0, 0.1) is 22.7 Å². The zero-order chi connectivity index (χ0) is 43.4. The molecule has 1 aromatic heterocycles. The fourth-order valence-electron chi connectivity index (χ4n) is 10.6. The Kier molecular flexibility index (Phi) is 6.72. The van der Waals surface area contributed by atoms with Crippen LogP contribution in [0.5, 0.6) is 40.2 Å². The maximum Gasteiger partial charge on any atom is 0.155 e. The molecule has 0 amide bonds. The molecule has 0 spiro atoms. The predicted molar refractivity (Wildman–Crippen MR) is 251 cm³/mol. The lowest BCUT2D eigenvalue weighted by atomic mass is 9.88. The second-order valence-electron chi connectivity index (χ2n) is 17.0. The van der Waals surface area contributed by atoms with E-state index in [4.69, 9.17) is 28.9 Å². The van der Waals surface area contributed by atoms with Crippen LogP contribution in [0.25, 0.3) is 66.6 Å². The molecule has 10 heteroatoms. The van der Waals surface area contributed by atoms with E-state index in [0.717, 1.165) is 137 Å². The minimum Gasteiger partial charge on any atom is -0.453 e. The van der Waals surface area contributed by atoms with Crippen molar-refractivity contribution in [3.8, 4) is 97.2 Å². The Balaban J connectivity index is 0.951. The SMILES string of the molecule is N#Cc1cc2nc3c(nc2cc1C#N)-c1ccc(-c2ccc4c(c2)Oc2cccc5c2N4c2ccccc2O5)c2c(-c4ccc5c(c4)Oc4cccc6c4N5C4=CCCC=C4O6)ccc-3c12. The summed E-state index contributed by atoms with van der Waals surface area (Å²) in [6.07, 6.45) is 6.27. The third-order valence-electron chi connectivity index (χ3n) is 13.4. The molecule has 0 unspecified atom stereocenters. The first-order valence-corrected chi connectivity index (χ1v) is 21.7. The van der Waals surface area contributed by atoms with E-state index >= 15 is 0 Å². The summed E-state index contributed by atoms with van der Waals surface area (Å²) >= 11 is 0. The summed E-state index contributed by atoms with van der Waals surface area (Å²) in [7, 11) is 0. The lowest BCUT2D eigenvalue weighted by Gasteiger charge is -2.40. The number of nitriles is 2. The molecule has 0 saturated carbocycles. The summed E-state index contributed by atoms with van der Waals surface area (Å²) in [6, 6.07) is 49.0. The third kappa shape index (κ3) is 4.61. The molecule has 0 radical (unpaired) electrons. The van der Waals surface area contributed by atoms with Gasteiger partial charge in [0.15, 0.2) is 40.2 Å². The zero-order valence-electron chi connectivity index (χ0n) is 34.6. The van der Waals surface area contributed by atoms with Crippen molar-refractivity contribution in [3.05, 3.63) is 168 Å². The van der Waals surface area contributed by atoms with Gasteiger partial charge in [0.05, 0.1) is 56.3 Å². The molecule has 5 heterocycles. The molecule has 306 valence electrons.